The molecule has 0 aromatic heterocycles. The highest BCUT2D eigenvalue weighted by Crippen LogP contribution is 2.39. The van der Waals surface area contributed by atoms with Gasteiger partial charge in [0, 0.05) is 13.1 Å². The third kappa shape index (κ3) is 4.38. The molecule has 0 spiro atoms. The lowest BCUT2D eigenvalue weighted by Crippen LogP contribution is -2.19. The Hall–Kier alpha value is -2.20. The molecule has 1 aliphatic rings. The van der Waals surface area contributed by atoms with Crippen LogP contribution in [0.15, 0.2) is 30.3 Å². The van der Waals surface area contributed by atoms with Gasteiger partial charge in [-0.1, -0.05) is 59.7 Å². The third-order valence-electron chi connectivity index (χ3n) is 4.88. The summed E-state index contributed by atoms with van der Waals surface area (Å²) in [6, 6.07) is 10.3. The molecule has 1 aliphatic heterocycles. The van der Waals surface area contributed by atoms with E-state index < -0.39 is 0 Å². The molecule has 27 heavy (non-hydrogen) atoms. The van der Waals surface area contributed by atoms with Crippen LogP contribution in [-0.2, 0) is 23.9 Å². The zero-order chi connectivity index (χ0) is 19.8. The van der Waals surface area contributed by atoms with Crippen LogP contribution in [0.3, 0.4) is 0 Å². The minimum atomic E-state index is -0.114. The molecule has 4 heteroatoms. The molecule has 0 unspecified atom stereocenters. The minimum Gasteiger partial charge on any atom is -0.507 e. The predicted octanol–water partition coefficient (Wildman–Crippen LogP) is 5.01. The van der Waals surface area contributed by atoms with E-state index in [0.717, 1.165) is 41.3 Å². The smallest absolute Gasteiger partial charge is 0.231 e. The molecule has 4 nitrogen and oxygen atoms in total. The van der Waals surface area contributed by atoms with Crippen molar-refractivity contribution in [3.05, 3.63) is 52.6 Å². The first-order valence-electron chi connectivity index (χ1n) is 9.52. The number of hydrogen-bond donors (Lipinski definition) is 2. The van der Waals surface area contributed by atoms with Gasteiger partial charge in [-0.05, 0) is 45.2 Å². The molecular formula is C23H31NO3. The van der Waals surface area contributed by atoms with E-state index in [-0.39, 0.29) is 10.8 Å². The number of fused-ring (bicyclic) bond motifs is 1. The largest absolute Gasteiger partial charge is 0.507 e. The Labute approximate surface area is 162 Å². The number of ether oxygens (including phenoxy) is 2. The number of phenols is 1. The molecule has 0 saturated carbocycles. The lowest BCUT2D eigenvalue weighted by molar-refractivity contribution is 0.174. The zero-order valence-corrected chi connectivity index (χ0v) is 17.3. The summed E-state index contributed by atoms with van der Waals surface area (Å²) in [5, 5.41) is 14.3. The average molecular weight is 370 g/mol. The highest BCUT2D eigenvalue weighted by atomic mass is 16.7. The molecule has 3 rings (SSSR count). The van der Waals surface area contributed by atoms with Gasteiger partial charge in [-0.15, -0.1) is 0 Å². The summed E-state index contributed by atoms with van der Waals surface area (Å²) >= 11 is 0. The van der Waals surface area contributed by atoms with Crippen molar-refractivity contribution >= 4 is 0 Å². The van der Waals surface area contributed by atoms with Gasteiger partial charge in [0.15, 0.2) is 11.5 Å². The second kappa shape index (κ2) is 7.08. The van der Waals surface area contributed by atoms with Crippen LogP contribution in [0, 0.1) is 0 Å². The van der Waals surface area contributed by atoms with E-state index in [1.807, 2.05) is 12.1 Å². The summed E-state index contributed by atoms with van der Waals surface area (Å²) in [4.78, 5) is 0. The van der Waals surface area contributed by atoms with E-state index in [1.165, 1.54) is 5.56 Å². The van der Waals surface area contributed by atoms with Crippen LogP contribution >= 0.6 is 0 Å². The summed E-state index contributed by atoms with van der Waals surface area (Å²) in [5.41, 5.74) is 4.10. The number of nitrogens with one attached hydrogen (secondary N) is 1. The highest BCUT2D eigenvalue weighted by molar-refractivity contribution is 5.50. The van der Waals surface area contributed by atoms with Gasteiger partial charge in [0.2, 0.25) is 6.79 Å². The van der Waals surface area contributed by atoms with E-state index in [9.17, 15) is 5.11 Å². The molecule has 0 fully saturated rings. The number of benzene rings is 2. The molecule has 2 N–H and O–H groups in total. The van der Waals surface area contributed by atoms with E-state index in [0.29, 0.717) is 12.5 Å². The molecule has 0 saturated heterocycles. The molecule has 0 amide bonds. The van der Waals surface area contributed by atoms with Gasteiger partial charge in [0.25, 0.3) is 0 Å². The third-order valence-corrected chi connectivity index (χ3v) is 4.88. The van der Waals surface area contributed by atoms with Crippen LogP contribution in [-0.4, -0.2) is 11.9 Å². The Balaban J connectivity index is 1.78. The minimum absolute atomic E-state index is 0.114. The van der Waals surface area contributed by atoms with Gasteiger partial charge in [0.1, 0.15) is 5.75 Å². The van der Waals surface area contributed by atoms with Gasteiger partial charge >= 0.3 is 0 Å². The lowest BCUT2D eigenvalue weighted by atomic mass is 9.78. The van der Waals surface area contributed by atoms with Gasteiger partial charge in [-0.2, -0.15) is 0 Å². The highest BCUT2D eigenvalue weighted by Gasteiger charge is 2.26. The first-order chi connectivity index (χ1) is 12.6. The van der Waals surface area contributed by atoms with Crippen molar-refractivity contribution in [3.63, 3.8) is 0 Å². The Morgan fingerprint density at radius 1 is 0.815 bits per heavy atom. The normalized spacial score (nSPS) is 13.9. The van der Waals surface area contributed by atoms with E-state index in [1.54, 1.807) is 0 Å². The molecule has 0 atom stereocenters. The summed E-state index contributed by atoms with van der Waals surface area (Å²) in [6.07, 6.45) is 0. The summed E-state index contributed by atoms with van der Waals surface area (Å²) < 4.78 is 10.8. The van der Waals surface area contributed by atoms with Crippen LogP contribution in [0.1, 0.15) is 63.8 Å². The fraction of sp³-hybridized carbons (Fsp3) is 0.478. The van der Waals surface area contributed by atoms with Crippen LogP contribution in [0.4, 0.5) is 0 Å². The topological polar surface area (TPSA) is 50.7 Å². The molecular weight excluding hydrogens is 338 g/mol. The van der Waals surface area contributed by atoms with Crippen molar-refractivity contribution in [1.82, 2.24) is 5.32 Å². The molecule has 0 bridgehead atoms. The fourth-order valence-corrected chi connectivity index (χ4v) is 3.34. The van der Waals surface area contributed by atoms with Crippen molar-refractivity contribution in [2.24, 2.45) is 0 Å². The number of aromatic hydroxyl groups is 1. The zero-order valence-electron chi connectivity index (χ0n) is 17.3. The van der Waals surface area contributed by atoms with Gasteiger partial charge in [-0.3, -0.25) is 0 Å². The summed E-state index contributed by atoms with van der Waals surface area (Å²) in [7, 11) is 0. The monoisotopic (exact) mass is 369 g/mol. The second-order valence-electron chi connectivity index (χ2n) is 9.33. The van der Waals surface area contributed by atoms with E-state index >= 15 is 0 Å². The number of hydrogen-bond acceptors (Lipinski definition) is 4. The molecule has 0 aliphatic carbocycles. The van der Waals surface area contributed by atoms with Crippen LogP contribution < -0.4 is 14.8 Å². The molecule has 2 aromatic carbocycles. The summed E-state index contributed by atoms with van der Waals surface area (Å²) in [5.74, 6) is 2.04. The number of phenolic OH excluding ortho intramolecular Hbond substituents is 1. The van der Waals surface area contributed by atoms with Crippen molar-refractivity contribution in [3.8, 4) is 17.2 Å². The Bertz CT molecular complexity index is 793. The average Bonchev–Trinajstić information content (AvgIpc) is 3.01. The fourth-order valence-electron chi connectivity index (χ4n) is 3.34. The number of rotatable bonds is 4. The maximum absolute atomic E-state index is 10.8. The Morgan fingerprint density at radius 2 is 1.37 bits per heavy atom. The van der Waals surface area contributed by atoms with Crippen LogP contribution in [0.5, 0.6) is 17.2 Å². The van der Waals surface area contributed by atoms with Crippen LogP contribution in [0.2, 0.25) is 0 Å². The Morgan fingerprint density at radius 3 is 1.96 bits per heavy atom. The first kappa shape index (κ1) is 19.6. The molecule has 2 aromatic rings. The predicted molar refractivity (Wildman–Crippen MR) is 109 cm³/mol. The maximum atomic E-state index is 10.8. The van der Waals surface area contributed by atoms with Gasteiger partial charge in [0.05, 0.1) is 0 Å². The van der Waals surface area contributed by atoms with Gasteiger partial charge in [-0.25, -0.2) is 0 Å². The van der Waals surface area contributed by atoms with Crippen molar-refractivity contribution < 1.29 is 14.6 Å². The standard InChI is InChI=1S/C23H31NO3/c1-22(2,3)17-9-16(10-18(21(17)25)23(4,5)6)13-24-12-15-7-8-19-20(11-15)27-14-26-19/h7-11,24-25H,12-14H2,1-6H3. The van der Waals surface area contributed by atoms with E-state index in [4.69, 9.17) is 9.47 Å². The molecule has 0 radical (unpaired) electrons. The van der Waals surface area contributed by atoms with Crippen molar-refractivity contribution in [2.75, 3.05) is 6.79 Å². The van der Waals surface area contributed by atoms with Crippen molar-refractivity contribution in [1.29, 1.82) is 0 Å². The molecule has 146 valence electrons. The Kier molecular flexibility index (Phi) is 5.13. The maximum Gasteiger partial charge on any atom is 0.231 e. The quantitative estimate of drug-likeness (QED) is 0.796. The SMILES string of the molecule is CC(C)(C)c1cc(CNCc2ccc3c(c2)OCO3)cc(C(C)(C)C)c1O. The van der Waals surface area contributed by atoms with Gasteiger partial charge < -0.3 is 19.9 Å². The van der Waals surface area contributed by atoms with Crippen LogP contribution in [0.25, 0.3) is 0 Å². The first-order valence-corrected chi connectivity index (χ1v) is 9.52. The lowest BCUT2D eigenvalue weighted by Gasteiger charge is -2.28. The summed E-state index contributed by atoms with van der Waals surface area (Å²) in [6.45, 7) is 14.6. The second-order valence-corrected chi connectivity index (χ2v) is 9.33. The van der Waals surface area contributed by atoms with Crippen molar-refractivity contribution in [2.45, 2.75) is 65.5 Å². The van der Waals surface area contributed by atoms with E-state index in [2.05, 4.69) is 65.1 Å². The molecule has 1 heterocycles.